The number of rotatable bonds is 30. The number of carboxylic acids is 1. The van der Waals surface area contributed by atoms with Crippen LogP contribution in [0.15, 0.2) is 30.3 Å². The number of aliphatic carboxylic acids is 1. The summed E-state index contributed by atoms with van der Waals surface area (Å²) in [6.07, 6.45) is 0.561. The van der Waals surface area contributed by atoms with Gasteiger partial charge in [0, 0.05) is 47.2 Å². The Balaban J connectivity index is 2.20. The van der Waals surface area contributed by atoms with Gasteiger partial charge in [-0.25, -0.2) is 4.79 Å². The van der Waals surface area contributed by atoms with Crippen molar-refractivity contribution in [1.82, 2.24) is 36.0 Å². The molecule has 1 heterocycles. The fraction of sp³-hybridized carbons (Fsp3) is 0.725. The Hall–Kier alpha value is -5.14. The van der Waals surface area contributed by atoms with Crippen molar-refractivity contribution in [3.63, 3.8) is 0 Å². The van der Waals surface area contributed by atoms with Crippen molar-refractivity contribution in [3.05, 3.63) is 35.9 Å². The van der Waals surface area contributed by atoms with Crippen LogP contribution in [0.5, 0.6) is 0 Å². The summed E-state index contributed by atoms with van der Waals surface area (Å²) in [6.45, 7) is 16.7. The molecule has 1 aliphatic rings. The predicted molar refractivity (Wildman–Crippen MR) is 265 cm³/mol. The first-order chi connectivity index (χ1) is 32.9. The summed E-state index contributed by atoms with van der Waals surface area (Å²) >= 11 is 0. The van der Waals surface area contributed by atoms with E-state index >= 15 is 0 Å². The van der Waals surface area contributed by atoms with Crippen LogP contribution in [0, 0.1) is 29.6 Å². The minimum atomic E-state index is -1.13. The molecule has 0 aromatic heterocycles. The van der Waals surface area contributed by atoms with E-state index in [9.17, 15) is 38.4 Å². The number of hydrogen-bond donors (Lipinski definition) is 5. The Kier molecular flexibility index (Phi) is 26.1. The molecule has 0 aliphatic carbocycles. The molecule has 0 saturated carbocycles. The second-order valence-electron chi connectivity index (χ2n) is 19.8. The number of nitrogens with zero attached hydrogens (tertiary/aromatic N) is 3. The molecule has 1 aromatic rings. The number of esters is 1. The Morgan fingerprint density at radius 1 is 0.814 bits per heavy atom. The molecule has 0 bridgehead atoms. The normalized spacial score (nSPS) is 18.1. The van der Waals surface area contributed by atoms with Gasteiger partial charge < -0.3 is 50.4 Å². The molecule has 396 valence electrons. The lowest BCUT2D eigenvalue weighted by Crippen LogP contribution is -2.59. The van der Waals surface area contributed by atoms with E-state index < -0.39 is 90.0 Å². The van der Waals surface area contributed by atoms with Crippen LogP contribution >= 0.6 is 0 Å². The van der Waals surface area contributed by atoms with Crippen molar-refractivity contribution >= 4 is 47.4 Å². The SMILES string of the molecule is CC[C@H](C)[C@@H]([C@@H](CC(=O)N1CCC[C@H]1[C@H](OC)[C@@H](C)C(=O)N[C@@H](Cc1ccccc1)C(=O)NCCCOC(=O)C(C)NC(=O)CC(C)C(=O)O)OC)N(C)C(=O)[C@@H](NC(=O)[C@H](C(C)C)N(C)C)C(C)C. The van der Waals surface area contributed by atoms with Crippen molar-refractivity contribution in [2.45, 2.75) is 156 Å². The lowest BCUT2D eigenvalue weighted by atomic mass is 9.89. The van der Waals surface area contributed by atoms with E-state index in [0.29, 0.717) is 25.8 Å². The Morgan fingerprint density at radius 2 is 1.46 bits per heavy atom. The maximum absolute atomic E-state index is 14.4. The third kappa shape index (κ3) is 18.2. The highest BCUT2D eigenvalue weighted by atomic mass is 16.5. The number of likely N-dealkylation sites (tertiary alicyclic amines) is 1. The summed E-state index contributed by atoms with van der Waals surface area (Å²) in [5.74, 6) is -6.08. The second kappa shape index (κ2) is 29.9. The zero-order valence-electron chi connectivity index (χ0n) is 44.2. The number of hydrogen-bond acceptors (Lipinski definition) is 12. The summed E-state index contributed by atoms with van der Waals surface area (Å²) in [6, 6.07) is 4.96. The highest BCUT2D eigenvalue weighted by Crippen LogP contribution is 2.30. The minimum Gasteiger partial charge on any atom is -0.481 e. The van der Waals surface area contributed by atoms with Crippen molar-refractivity contribution < 1.29 is 57.7 Å². The number of methoxy groups -OCH3 is 2. The number of benzene rings is 1. The summed E-state index contributed by atoms with van der Waals surface area (Å²) in [5, 5.41) is 20.2. The fourth-order valence-corrected chi connectivity index (χ4v) is 9.20. The van der Waals surface area contributed by atoms with Gasteiger partial charge in [0.2, 0.25) is 35.4 Å². The average molecular weight is 988 g/mol. The Morgan fingerprint density at radius 3 is 2.00 bits per heavy atom. The van der Waals surface area contributed by atoms with Crippen LogP contribution in [0.4, 0.5) is 0 Å². The largest absolute Gasteiger partial charge is 0.481 e. The van der Waals surface area contributed by atoms with Gasteiger partial charge >= 0.3 is 11.9 Å². The third-order valence-electron chi connectivity index (χ3n) is 13.4. The molecule has 5 N–H and O–H groups in total. The third-order valence-corrected chi connectivity index (χ3v) is 13.4. The average Bonchev–Trinajstić information content (AvgIpc) is 3.79. The van der Waals surface area contributed by atoms with E-state index in [-0.39, 0.29) is 74.3 Å². The van der Waals surface area contributed by atoms with Gasteiger partial charge in [-0.05, 0) is 63.6 Å². The van der Waals surface area contributed by atoms with Crippen LogP contribution in [0.25, 0.3) is 0 Å². The summed E-state index contributed by atoms with van der Waals surface area (Å²) in [5.41, 5.74) is 0.804. The van der Waals surface area contributed by atoms with E-state index in [2.05, 4.69) is 21.3 Å². The number of ether oxygens (including phenoxy) is 3. The zero-order chi connectivity index (χ0) is 53.0. The van der Waals surface area contributed by atoms with Crippen LogP contribution in [-0.2, 0) is 59.0 Å². The maximum atomic E-state index is 14.4. The molecule has 19 nitrogen and oxygen atoms in total. The lowest BCUT2D eigenvalue weighted by Gasteiger charge is -2.41. The van der Waals surface area contributed by atoms with Crippen LogP contribution in [0.3, 0.4) is 0 Å². The van der Waals surface area contributed by atoms with Gasteiger partial charge in [-0.15, -0.1) is 0 Å². The first-order valence-electron chi connectivity index (χ1n) is 24.8. The van der Waals surface area contributed by atoms with Crippen LogP contribution in [0.2, 0.25) is 0 Å². The molecular formula is C51H85N7O12. The van der Waals surface area contributed by atoms with Gasteiger partial charge in [0.15, 0.2) is 0 Å². The van der Waals surface area contributed by atoms with Crippen molar-refractivity contribution in [3.8, 4) is 0 Å². The monoisotopic (exact) mass is 988 g/mol. The zero-order valence-corrected chi connectivity index (χ0v) is 44.2. The van der Waals surface area contributed by atoms with E-state index in [1.807, 2.05) is 90.9 Å². The summed E-state index contributed by atoms with van der Waals surface area (Å²) < 4.78 is 17.3. The van der Waals surface area contributed by atoms with E-state index in [1.165, 1.54) is 28.1 Å². The smallest absolute Gasteiger partial charge is 0.328 e. The first kappa shape index (κ1) is 61.0. The number of amides is 6. The molecule has 70 heavy (non-hydrogen) atoms. The van der Waals surface area contributed by atoms with Gasteiger partial charge in [-0.3, -0.25) is 38.5 Å². The maximum Gasteiger partial charge on any atom is 0.328 e. The molecule has 1 fully saturated rings. The molecule has 0 spiro atoms. The van der Waals surface area contributed by atoms with Gasteiger partial charge in [-0.2, -0.15) is 0 Å². The predicted octanol–water partition coefficient (Wildman–Crippen LogP) is 3.03. The molecule has 0 radical (unpaired) electrons. The van der Waals surface area contributed by atoms with Gasteiger partial charge in [0.1, 0.15) is 18.1 Å². The van der Waals surface area contributed by atoms with Crippen molar-refractivity contribution in [1.29, 1.82) is 0 Å². The Bertz CT molecular complexity index is 1860. The van der Waals surface area contributed by atoms with Gasteiger partial charge in [0.05, 0.1) is 55.2 Å². The van der Waals surface area contributed by atoms with E-state index in [4.69, 9.17) is 19.3 Å². The Labute approximate surface area is 416 Å². The number of carbonyl (C=O) groups excluding carboxylic acids is 7. The summed E-state index contributed by atoms with van der Waals surface area (Å²) in [4.78, 5) is 111. The molecule has 2 unspecified atom stereocenters. The standard InChI is InChI=1S/C51H85N7O12/c1-15-32(6)44(57(12)49(64)42(30(2)3)55-48(63)43(31(4)5)56(10)11)39(68-13)29-41(60)58-25-19-23-38(58)45(69-14)34(8)46(61)54-37(28-36-21-17-16-18-22-36)47(62)52-24-20-26-70-51(67)35(9)53-40(59)27-33(7)50(65)66/h16-18,21-22,30-35,37-39,42-45H,15,19-20,23-29H2,1-14H3,(H,52,62)(H,53,59)(H,54,61)(H,55,63)(H,65,66)/t32-,33?,34+,35?,37-,38-,39+,42-,43-,44-,45+/m0/s1. The highest BCUT2D eigenvalue weighted by molar-refractivity contribution is 5.91. The van der Waals surface area contributed by atoms with E-state index in [1.54, 1.807) is 23.8 Å². The number of carbonyl (C=O) groups is 8. The van der Waals surface area contributed by atoms with Crippen LogP contribution in [0.1, 0.15) is 106 Å². The number of carboxylic acid groups (broad SMARTS) is 1. The fourth-order valence-electron chi connectivity index (χ4n) is 9.20. The first-order valence-corrected chi connectivity index (χ1v) is 24.8. The van der Waals surface area contributed by atoms with Crippen LogP contribution in [-0.4, -0.2) is 171 Å². The molecule has 11 atom stereocenters. The second-order valence-corrected chi connectivity index (χ2v) is 19.8. The van der Waals surface area contributed by atoms with Crippen molar-refractivity contribution in [2.24, 2.45) is 29.6 Å². The molecule has 6 amide bonds. The summed E-state index contributed by atoms with van der Waals surface area (Å²) in [7, 11) is 8.40. The quantitative estimate of drug-likeness (QED) is 0.0551. The molecule has 1 aliphatic heterocycles. The van der Waals surface area contributed by atoms with Gasteiger partial charge in [0.25, 0.3) is 0 Å². The highest BCUT2D eigenvalue weighted by Gasteiger charge is 2.43. The lowest BCUT2D eigenvalue weighted by molar-refractivity contribution is -0.148. The molecular weight excluding hydrogens is 903 g/mol. The topological polar surface area (TPSA) is 242 Å². The molecule has 1 aromatic carbocycles. The number of likely N-dealkylation sites (N-methyl/N-ethyl adjacent to an activating group) is 2. The number of nitrogens with one attached hydrogen (secondary N) is 4. The van der Waals surface area contributed by atoms with Crippen molar-refractivity contribution in [2.75, 3.05) is 55.1 Å². The van der Waals surface area contributed by atoms with Gasteiger partial charge in [-0.1, -0.05) is 92.1 Å². The minimum absolute atomic E-state index is 0.00938. The molecule has 2 rings (SSSR count). The van der Waals surface area contributed by atoms with E-state index in [0.717, 1.165) is 5.56 Å². The molecule has 19 heteroatoms. The van der Waals surface area contributed by atoms with Crippen LogP contribution < -0.4 is 21.3 Å². The molecule has 1 saturated heterocycles.